The lowest BCUT2D eigenvalue weighted by atomic mass is 10.1. The number of halogens is 2. The molecular weight excluding hydrogens is 295 g/mol. The zero-order valence-corrected chi connectivity index (χ0v) is 11.9. The van der Waals surface area contributed by atoms with Crippen LogP contribution in [0, 0.1) is 5.82 Å². The topological polar surface area (TPSA) is 59.8 Å². The van der Waals surface area contributed by atoms with Gasteiger partial charge < -0.3 is 9.88 Å². The minimum Gasteiger partial charge on any atom is -0.347 e. The molecule has 7 heteroatoms. The molecule has 1 aliphatic carbocycles. The zero-order valence-electron chi connectivity index (χ0n) is 11.2. The van der Waals surface area contributed by atoms with Gasteiger partial charge in [0.1, 0.15) is 11.0 Å². The average Bonchev–Trinajstić information content (AvgIpc) is 3.11. The fourth-order valence-corrected chi connectivity index (χ4v) is 2.95. The van der Waals surface area contributed by atoms with Gasteiger partial charge in [-0.1, -0.05) is 11.6 Å². The summed E-state index contributed by atoms with van der Waals surface area (Å²) in [5, 5.41) is 2.93. The molecule has 2 atom stereocenters. The maximum Gasteiger partial charge on any atom is 0.254 e. The van der Waals surface area contributed by atoms with Crippen LogP contribution in [0.1, 0.15) is 35.7 Å². The summed E-state index contributed by atoms with van der Waals surface area (Å²) in [6.07, 6.45) is 9.18. The predicted octanol–water partition coefficient (Wildman–Crippen LogP) is 2.59. The number of nitrogens with one attached hydrogen (secondary N) is 1. The van der Waals surface area contributed by atoms with Crippen LogP contribution in [-0.2, 0) is 0 Å². The Bertz CT molecular complexity index is 646. The Balaban J connectivity index is 1.76. The summed E-state index contributed by atoms with van der Waals surface area (Å²) in [6.45, 7) is 0. The number of imidazole rings is 1. The van der Waals surface area contributed by atoms with E-state index in [2.05, 4.69) is 15.3 Å². The van der Waals surface area contributed by atoms with E-state index in [0.29, 0.717) is 0 Å². The smallest absolute Gasteiger partial charge is 0.254 e. The molecule has 1 saturated carbocycles. The molecule has 2 heterocycles. The molecule has 2 aromatic heterocycles. The van der Waals surface area contributed by atoms with Gasteiger partial charge >= 0.3 is 0 Å². The molecule has 1 N–H and O–H groups in total. The van der Waals surface area contributed by atoms with E-state index in [1.807, 2.05) is 10.8 Å². The molecule has 3 rings (SSSR count). The number of hydrogen-bond acceptors (Lipinski definition) is 3. The van der Waals surface area contributed by atoms with Crippen molar-refractivity contribution < 1.29 is 9.18 Å². The van der Waals surface area contributed by atoms with E-state index in [4.69, 9.17) is 11.6 Å². The molecule has 1 fully saturated rings. The summed E-state index contributed by atoms with van der Waals surface area (Å²) >= 11 is 5.86. The third-order valence-corrected chi connectivity index (χ3v) is 4.06. The van der Waals surface area contributed by atoms with Gasteiger partial charge in [-0.05, 0) is 25.3 Å². The molecule has 110 valence electrons. The Morgan fingerprint density at radius 2 is 2.33 bits per heavy atom. The normalized spacial score (nSPS) is 21.4. The number of rotatable bonds is 3. The molecule has 0 saturated heterocycles. The molecule has 21 heavy (non-hydrogen) atoms. The first-order chi connectivity index (χ1) is 10.1. The molecule has 0 bridgehead atoms. The van der Waals surface area contributed by atoms with Crippen LogP contribution < -0.4 is 5.32 Å². The van der Waals surface area contributed by atoms with Crippen molar-refractivity contribution in [2.45, 2.75) is 31.3 Å². The first kappa shape index (κ1) is 14.0. The molecule has 2 aromatic rings. The van der Waals surface area contributed by atoms with Crippen LogP contribution >= 0.6 is 11.6 Å². The number of aromatic nitrogens is 3. The largest absolute Gasteiger partial charge is 0.347 e. The zero-order chi connectivity index (χ0) is 14.8. The van der Waals surface area contributed by atoms with Gasteiger partial charge in [0.05, 0.1) is 24.1 Å². The first-order valence-corrected chi connectivity index (χ1v) is 7.12. The van der Waals surface area contributed by atoms with E-state index in [9.17, 15) is 9.18 Å². The van der Waals surface area contributed by atoms with Crippen LogP contribution in [0.15, 0.2) is 31.0 Å². The SMILES string of the molecule is O=C(NC1CCCC1n1ccnc1)c1cc(F)cnc1Cl. The summed E-state index contributed by atoms with van der Waals surface area (Å²) < 4.78 is 15.2. The van der Waals surface area contributed by atoms with Crippen molar-refractivity contribution in [1.82, 2.24) is 19.9 Å². The van der Waals surface area contributed by atoms with E-state index < -0.39 is 11.7 Å². The second-order valence-electron chi connectivity index (χ2n) is 5.08. The number of amides is 1. The van der Waals surface area contributed by atoms with Crippen molar-refractivity contribution in [2.24, 2.45) is 0 Å². The lowest BCUT2D eigenvalue weighted by Crippen LogP contribution is -2.38. The minimum atomic E-state index is -0.581. The molecule has 5 nitrogen and oxygen atoms in total. The molecule has 2 unspecified atom stereocenters. The van der Waals surface area contributed by atoms with Crippen molar-refractivity contribution >= 4 is 17.5 Å². The van der Waals surface area contributed by atoms with Crippen LogP contribution in [0.5, 0.6) is 0 Å². The van der Waals surface area contributed by atoms with E-state index >= 15 is 0 Å². The molecule has 0 spiro atoms. The summed E-state index contributed by atoms with van der Waals surface area (Å²) in [4.78, 5) is 20.0. The lowest BCUT2D eigenvalue weighted by molar-refractivity contribution is 0.0928. The van der Waals surface area contributed by atoms with Crippen molar-refractivity contribution in [3.05, 3.63) is 47.5 Å². The third-order valence-electron chi connectivity index (χ3n) is 3.75. The molecule has 1 aliphatic rings. The van der Waals surface area contributed by atoms with Crippen molar-refractivity contribution in [3.8, 4) is 0 Å². The Hall–Kier alpha value is -1.95. The Morgan fingerprint density at radius 3 is 3.10 bits per heavy atom. The molecule has 0 radical (unpaired) electrons. The van der Waals surface area contributed by atoms with Gasteiger partial charge in [0.25, 0.3) is 5.91 Å². The second kappa shape index (κ2) is 5.81. The summed E-state index contributed by atoms with van der Waals surface area (Å²) in [7, 11) is 0. The van der Waals surface area contributed by atoms with E-state index in [1.54, 1.807) is 12.5 Å². The third kappa shape index (κ3) is 2.90. The van der Waals surface area contributed by atoms with E-state index in [1.165, 1.54) is 0 Å². The van der Waals surface area contributed by atoms with Crippen LogP contribution in [0.4, 0.5) is 4.39 Å². The summed E-state index contributed by atoms with van der Waals surface area (Å²) in [5.41, 5.74) is 0.0629. The van der Waals surface area contributed by atoms with E-state index in [0.717, 1.165) is 31.5 Å². The first-order valence-electron chi connectivity index (χ1n) is 6.74. The summed E-state index contributed by atoms with van der Waals surface area (Å²) in [5.74, 6) is -0.980. The molecule has 0 aliphatic heterocycles. The Labute approximate surface area is 126 Å². The van der Waals surface area contributed by atoms with Crippen LogP contribution in [0.2, 0.25) is 5.15 Å². The van der Waals surface area contributed by atoms with Crippen LogP contribution in [-0.4, -0.2) is 26.5 Å². The fourth-order valence-electron chi connectivity index (χ4n) is 2.76. The van der Waals surface area contributed by atoms with Gasteiger partial charge in [0.2, 0.25) is 0 Å². The minimum absolute atomic E-state index is 0.00563. The molecule has 1 amide bonds. The highest BCUT2D eigenvalue weighted by Crippen LogP contribution is 2.30. The number of carbonyl (C=O) groups excluding carboxylic acids is 1. The van der Waals surface area contributed by atoms with Crippen molar-refractivity contribution in [3.63, 3.8) is 0 Å². The van der Waals surface area contributed by atoms with Gasteiger partial charge in [-0.2, -0.15) is 0 Å². The van der Waals surface area contributed by atoms with Gasteiger partial charge in [-0.25, -0.2) is 14.4 Å². The highest BCUT2D eigenvalue weighted by molar-refractivity contribution is 6.32. The van der Waals surface area contributed by atoms with Gasteiger partial charge in [-0.3, -0.25) is 4.79 Å². The van der Waals surface area contributed by atoms with Crippen LogP contribution in [0.3, 0.4) is 0 Å². The van der Waals surface area contributed by atoms with Crippen molar-refractivity contribution in [2.75, 3.05) is 0 Å². The monoisotopic (exact) mass is 308 g/mol. The maximum absolute atomic E-state index is 13.2. The maximum atomic E-state index is 13.2. The van der Waals surface area contributed by atoms with Gasteiger partial charge in [0.15, 0.2) is 0 Å². The van der Waals surface area contributed by atoms with Gasteiger partial charge in [0, 0.05) is 18.4 Å². The molecular formula is C14H14ClFN4O. The predicted molar refractivity (Wildman–Crippen MR) is 75.6 cm³/mol. The Kier molecular flexibility index (Phi) is 3.88. The highest BCUT2D eigenvalue weighted by Gasteiger charge is 2.30. The average molecular weight is 309 g/mol. The quantitative estimate of drug-likeness (QED) is 0.887. The van der Waals surface area contributed by atoms with Gasteiger partial charge in [-0.15, -0.1) is 0 Å². The molecule has 0 aromatic carbocycles. The van der Waals surface area contributed by atoms with Crippen LogP contribution in [0.25, 0.3) is 0 Å². The lowest BCUT2D eigenvalue weighted by Gasteiger charge is -2.22. The highest BCUT2D eigenvalue weighted by atomic mass is 35.5. The number of pyridine rings is 1. The number of nitrogens with zero attached hydrogens (tertiary/aromatic N) is 3. The summed E-state index contributed by atoms with van der Waals surface area (Å²) in [6, 6.07) is 1.24. The fraction of sp³-hybridized carbons (Fsp3) is 0.357. The van der Waals surface area contributed by atoms with E-state index in [-0.39, 0.29) is 22.8 Å². The van der Waals surface area contributed by atoms with Crippen molar-refractivity contribution in [1.29, 1.82) is 0 Å². The standard InChI is InChI=1S/C14H14ClFN4O/c15-13-10(6-9(16)7-18-13)14(21)19-11-2-1-3-12(11)20-5-4-17-8-20/h4-8,11-12H,1-3H2,(H,19,21). The number of carbonyl (C=O) groups is 1. The second-order valence-corrected chi connectivity index (χ2v) is 5.44. The Morgan fingerprint density at radius 1 is 1.48 bits per heavy atom. The number of hydrogen-bond donors (Lipinski definition) is 1.